The molecule has 0 aromatic heterocycles. The van der Waals surface area contributed by atoms with Crippen LogP contribution in [-0.4, -0.2) is 19.0 Å². The fraction of sp³-hybridized carbons (Fsp3) is 0.375. The third-order valence-electron chi connectivity index (χ3n) is 2.08. The molecule has 2 heterocycles. The van der Waals surface area contributed by atoms with E-state index in [0.29, 0.717) is 18.1 Å². The number of allylic oxidation sites excluding steroid dienone is 1. The van der Waals surface area contributed by atoms with Gasteiger partial charge in [-0.3, -0.25) is 4.79 Å². The van der Waals surface area contributed by atoms with E-state index in [1.807, 2.05) is 6.08 Å². The lowest BCUT2D eigenvalue weighted by Crippen LogP contribution is -2.35. The maximum absolute atomic E-state index is 11.0. The van der Waals surface area contributed by atoms with Crippen LogP contribution in [-0.2, 0) is 4.79 Å². The van der Waals surface area contributed by atoms with Gasteiger partial charge in [-0.05, 0) is 17.2 Å². The van der Waals surface area contributed by atoms with Crippen LogP contribution in [0.2, 0.25) is 0 Å². The maximum atomic E-state index is 11.0. The average molecular weight is 185 g/mol. The molecule has 0 saturated carbocycles. The number of carbonyl (C=O) groups is 1. The number of carbonyl (C=O) groups excluding carboxylic acids is 1. The summed E-state index contributed by atoms with van der Waals surface area (Å²) < 4.78 is 0. The van der Waals surface area contributed by atoms with Gasteiger partial charge in [0.15, 0.2) is 0 Å². The van der Waals surface area contributed by atoms with E-state index in [-0.39, 0.29) is 5.91 Å². The molecular formula is C8H9ClN2O. The fourth-order valence-corrected chi connectivity index (χ4v) is 1.60. The van der Waals surface area contributed by atoms with E-state index in [2.05, 4.69) is 10.6 Å². The highest BCUT2D eigenvalue weighted by Gasteiger charge is 2.19. The molecule has 2 aliphatic heterocycles. The second-order valence-electron chi connectivity index (χ2n) is 2.93. The molecule has 0 atom stereocenters. The lowest BCUT2D eigenvalue weighted by molar-refractivity contribution is -0.120. The third-order valence-corrected chi connectivity index (χ3v) is 2.32. The standard InChI is InChI=1S/C8H9ClN2O/c9-7-1-5-2-8(12)11-4-6(5)3-10-7/h1,10H,2-4H2,(H,11,12). The van der Waals surface area contributed by atoms with Gasteiger partial charge in [0.25, 0.3) is 0 Å². The van der Waals surface area contributed by atoms with E-state index in [1.165, 1.54) is 5.57 Å². The summed E-state index contributed by atoms with van der Waals surface area (Å²) in [7, 11) is 0. The van der Waals surface area contributed by atoms with E-state index in [1.54, 1.807) is 0 Å². The molecule has 64 valence electrons. The van der Waals surface area contributed by atoms with Gasteiger partial charge in [-0.15, -0.1) is 0 Å². The van der Waals surface area contributed by atoms with Crippen molar-refractivity contribution in [3.05, 3.63) is 22.4 Å². The Morgan fingerprint density at radius 3 is 2.92 bits per heavy atom. The van der Waals surface area contributed by atoms with Gasteiger partial charge in [-0.25, -0.2) is 0 Å². The van der Waals surface area contributed by atoms with Gasteiger partial charge in [0.05, 0.1) is 6.42 Å². The molecule has 1 amide bonds. The van der Waals surface area contributed by atoms with Crippen LogP contribution < -0.4 is 10.6 Å². The highest BCUT2D eigenvalue weighted by molar-refractivity contribution is 6.29. The predicted molar refractivity (Wildman–Crippen MR) is 46.6 cm³/mol. The average Bonchev–Trinajstić information content (AvgIpc) is 2.03. The van der Waals surface area contributed by atoms with Crippen LogP contribution in [0.3, 0.4) is 0 Å². The molecule has 0 aromatic rings. The molecule has 3 nitrogen and oxygen atoms in total. The fourth-order valence-electron chi connectivity index (χ4n) is 1.40. The van der Waals surface area contributed by atoms with Gasteiger partial charge >= 0.3 is 0 Å². The normalized spacial score (nSPS) is 22.4. The molecule has 0 aliphatic carbocycles. The number of hydrogen-bond acceptors (Lipinski definition) is 2. The molecule has 4 heteroatoms. The molecule has 0 radical (unpaired) electrons. The van der Waals surface area contributed by atoms with Gasteiger partial charge in [-0.2, -0.15) is 0 Å². The highest BCUT2D eigenvalue weighted by atomic mass is 35.5. The first-order valence-corrected chi connectivity index (χ1v) is 4.22. The van der Waals surface area contributed by atoms with Crippen molar-refractivity contribution in [2.45, 2.75) is 6.42 Å². The SMILES string of the molecule is O=C1CC2=C(CN1)CNC(Cl)=C2. The molecule has 0 saturated heterocycles. The Labute approximate surface area is 75.5 Å². The van der Waals surface area contributed by atoms with Gasteiger partial charge in [0.2, 0.25) is 5.91 Å². The van der Waals surface area contributed by atoms with Crippen molar-refractivity contribution >= 4 is 17.5 Å². The zero-order valence-corrected chi connectivity index (χ0v) is 7.24. The van der Waals surface area contributed by atoms with Crippen molar-refractivity contribution < 1.29 is 4.79 Å². The molecule has 0 bridgehead atoms. The quantitative estimate of drug-likeness (QED) is 0.538. The summed E-state index contributed by atoms with van der Waals surface area (Å²) in [5.74, 6) is 0.0800. The Kier molecular flexibility index (Phi) is 1.81. The topological polar surface area (TPSA) is 41.1 Å². The van der Waals surface area contributed by atoms with E-state index < -0.39 is 0 Å². The molecule has 0 aromatic carbocycles. The van der Waals surface area contributed by atoms with Gasteiger partial charge in [0.1, 0.15) is 5.16 Å². The van der Waals surface area contributed by atoms with E-state index in [0.717, 1.165) is 12.1 Å². The van der Waals surface area contributed by atoms with Gasteiger partial charge in [-0.1, -0.05) is 11.6 Å². The highest BCUT2D eigenvalue weighted by Crippen LogP contribution is 2.20. The Bertz CT molecular complexity index is 293. The zero-order chi connectivity index (χ0) is 8.55. The minimum Gasteiger partial charge on any atom is -0.372 e. The smallest absolute Gasteiger partial charge is 0.224 e. The largest absolute Gasteiger partial charge is 0.372 e. The van der Waals surface area contributed by atoms with Gasteiger partial charge < -0.3 is 10.6 Å². The lowest BCUT2D eigenvalue weighted by atomic mass is 9.99. The number of nitrogens with one attached hydrogen (secondary N) is 2. The molecule has 2 aliphatic rings. The molecule has 2 N–H and O–H groups in total. The maximum Gasteiger partial charge on any atom is 0.224 e. The minimum atomic E-state index is 0.0800. The van der Waals surface area contributed by atoms with Crippen LogP contribution in [0.25, 0.3) is 0 Å². The number of dihydropyridines is 1. The van der Waals surface area contributed by atoms with Crippen LogP contribution in [0, 0.1) is 0 Å². The first-order valence-electron chi connectivity index (χ1n) is 3.84. The predicted octanol–water partition coefficient (Wildman–Crippen LogP) is 0.486. The Hall–Kier alpha value is -0.960. The Balaban J connectivity index is 2.28. The number of rotatable bonds is 0. The molecule has 0 spiro atoms. The summed E-state index contributed by atoms with van der Waals surface area (Å²) in [5.41, 5.74) is 2.31. The van der Waals surface area contributed by atoms with Crippen LogP contribution >= 0.6 is 11.6 Å². The minimum absolute atomic E-state index is 0.0800. The van der Waals surface area contributed by atoms with Crippen molar-refractivity contribution in [1.29, 1.82) is 0 Å². The summed E-state index contributed by atoms with van der Waals surface area (Å²) in [4.78, 5) is 11.0. The Morgan fingerprint density at radius 2 is 2.08 bits per heavy atom. The Morgan fingerprint density at radius 1 is 1.33 bits per heavy atom. The summed E-state index contributed by atoms with van der Waals surface area (Å²) in [6.45, 7) is 1.41. The van der Waals surface area contributed by atoms with E-state index in [4.69, 9.17) is 11.6 Å². The molecule has 2 rings (SSSR count). The monoisotopic (exact) mass is 184 g/mol. The van der Waals surface area contributed by atoms with Crippen LogP contribution in [0.4, 0.5) is 0 Å². The van der Waals surface area contributed by atoms with Crippen molar-refractivity contribution in [2.75, 3.05) is 13.1 Å². The van der Waals surface area contributed by atoms with Crippen molar-refractivity contribution in [2.24, 2.45) is 0 Å². The molecule has 0 unspecified atom stereocenters. The van der Waals surface area contributed by atoms with Crippen LogP contribution in [0.15, 0.2) is 22.4 Å². The van der Waals surface area contributed by atoms with Gasteiger partial charge in [0, 0.05) is 13.1 Å². The van der Waals surface area contributed by atoms with Crippen molar-refractivity contribution in [3.63, 3.8) is 0 Å². The second-order valence-corrected chi connectivity index (χ2v) is 3.34. The number of amides is 1. The summed E-state index contributed by atoms with van der Waals surface area (Å²) in [6, 6.07) is 0. The first-order chi connectivity index (χ1) is 5.75. The molecular weight excluding hydrogens is 176 g/mol. The molecule has 0 fully saturated rings. The summed E-state index contributed by atoms with van der Waals surface area (Å²) in [5, 5.41) is 6.43. The second kappa shape index (κ2) is 2.83. The number of hydrogen-bond donors (Lipinski definition) is 2. The summed E-state index contributed by atoms with van der Waals surface area (Å²) in [6.07, 6.45) is 2.30. The lowest BCUT2D eigenvalue weighted by Gasteiger charge is -2.23. The third kappa shape index (κ3) is 1.32. The molecule has 12 heavy (non-hydrogen) atoms. The number of halogens is 1. The first kappa shape index (κ1) is 7.68. The van der Waals surface area contributed by atoms with Crippen molar-refractivity contribution in [3.8, 4) is 0 Å². The summed E-state index contributed by atoms with van der Waals surface area (Å²) >= 11 is 5.77. The van der Waals surface area contributed by atoms with Crippen molar-refractivity contribution in [1.82, 2.24) is 10.6 Å². The van der Waals surface area contributed by atoms with E-state index in [9.17, 15) is 4.79 Å². The van der Waals surface area contributed by atoms with Crippen LogP contribution in [0.5, 0.6) is 0 Å². The van der Waals surface area contributed by atoms with Crippen LogP contribution in [0.1, 0.15) is 6.42 Å². The zero-order valence-electron chi connectivity index (χ0n) is 6.48. The van der Waals surface area contributed by atoms with E-state index >= 15 is 0 Å².